The van der Waals surface area contributed by atoms with Gasteiger partial charge in [0.2, 0.25) is 0 Å². The summed E-state index contributed by atoms with van der Waals surface area (Å²) in [5.41, 5.74) is 4.18. The third-order valence-electron chi connectivity index (χ3n) is 5.07. The molecule has 1 aromatic carbocycles. The Bertz CT molecular complexity index is 592. The standard InChI is InChI=1S/C18H23N3/c1-2-9-16(10-3-1)21-18(15-8-5-11-19-12-15)17(13-20-21)14-6-4-7-14/h1-3,9-10,13-15,19H,4-8,11-12H2. The van der Waals surface area contributed by atoms with E-state index in [4.69, 9.17) is 5.10 Å². The number of benzene rings is 1. The largest absolute Gasteiger partial charge is 0.316 e. The molecular formula is C18H23N3. The van der Waals surface area contributed by atoms with Gasteiger partial charge in [-0.25, -0.2) is 4.68 Å². The van der Waals surface area contributed by atoms with Crippen LogP contribution < -0.4 is 5.32 Å². The van der Waals surface area contributed by atoms with Gasteiger partial charge in [-0.2, -0.15) is 5.10 Å². The first-order valence-corrected chi connectivity index (χ1v) is 8.27. The summed E-state index contributed by atoms with van der Waals surface area (Å²) < 4.78 is 2.20. The van der Waals surface area contributed by atoms with Crippen LogP contribution in [0.5, 0.6) is 0 Å². The van der Waals surface area contributed by atoms with Crippen LogP contribution in [0.3, 0.4) is 0 Å². The van der Waals surface area contributed by atoms with E-state index in [-0.39, 0.29) is 0 Å². The van der Waals surface area contributed by atoms with Crippen molar-refractivity contribution < 1.29 is 0 Å². The summed E-state index contributed by atoms with van der Waals surface area (Å²) in [5, 5.41) is 8.32. The maximum Gasteiger partial charge on any atom is 0.0649 e. The lowest BCUT2D eigenvalue weighted by Gasteiger charge is -2.30. The molecule has 1 aliphatic heterocycles. The van der Waals surface area contributed by atoms with E-state index in [0.717, 1.165) is 19.0 Å². The maximum absolute atomic E-state index is 4.75. The molecule has 1 aliphatic carbocycles. The van der Waals surface area contributed by atoms with Crippen molar-refractivity contribution >= 4 is 0 Å². The molecule has 21 heavy (non-hydrogen) atoms. The highest BCUT2D eigenvalue weighted by molar-refractivity contribution is 5.38. The van der Waals surface area contributed by atoms with Crippen molar-refractivity contribution in [2.75, 3.05) is 13.1 Å². The number of rotatable bonds is 3. The van der Waals surface area contributed by atoms with Crippen molar-refractivity contribution in [3.05, 3.63) is 47.8 Å². The summed E-state index contributed by atoms with van der Waals surface area (Å²) in [6, 6.07) is 10.6. The zero-order valence-electron chi connectivity index (χ0n) is 12.5. The van der Waals surface area contributed by atoms with Gasteiger partial charge in [-0.05, 0) is 55.8 Å². The molecule has 0 radical (unpaired) electrons. The van der Waals surface area contributed by atoms with Crippen molar-refractivity contribution in [2.24, 2.45) is 0 Å². The molecule has 2 fully saturated rings. The molecule has 0 bridgehead atoms. The van der Waals surface area contributed by atoms with Gasteiger partial charge in [0.05, 0.1) is 17.6 Å². The van der Waals surface area contributed by atoms with Crippen LogP contribution in [0.25, 0.3) is 5.69 Å². The van der Waals surface area contributed by atoms with E-state index in [2.05, 4.69) is 46.5 Å². The molecule has 4 rings (SSSR count). The number of nitrogens with one attached hydrogen (secondary N) is 1. The predicted molar refractivity (Wildman–Crippen MR) is 85.0 cm³/mol. The van der Waals surface area contributed by atoms with Crippen LogP contribution in [-0.4, -0.2) is 22.9 Å². The van der Waals surface area contributed by atoms with Crippen molar-refractivity contribution in [1.82, 2.24) is 15.1 Å². The molecular weight excluding hydrogens is 258 g/mol. The van der Waals surface area contributed by atoms with E-state index in [1.807, 2.05) is 0 Å². The van der Waals surface area contributed by atoms with Crippen molar-refractivity contribution in [2.45, 2.75) is 43.9 Å². The Morgan fingerprint density at radius 1 is 1.00 bits per heavy atom. The lowest BCUT2D eigenvalue weighted by atomic mass is 9.78. The van der Waals surface area contributed by atoms with Gasteiger partial charge in [0.1, 0.15) is 0 Å². The number of para-hydroxylation sites is 1. The minimum atomic E-state index is 0.608. The summed E-state index contributed by atoms with van der Waals surface area (Å²) in [6.07, 6.45) is 8.76. The molecule has 1 atom stereocenters. The third kappa shape index (κ3) is 2.40. The summed E-state index contributed by atoms with van der Waals surface area (Å²) in [4.78, 5) is 0. The summed E-state index contributed by atoms with van der Waals surface area (Å²) >= 11 is 0. The summed E-state index contributed by atoms with van der Waals surface area (Å²) in [6.45, 7) is 2.26. The smallest absolute Gasteiger partial charge is 0.0649 e. The van der Waals surface area contributed by atoms with Gasteiger partial charge in [-0.1, -0.05) is 24.6 Å². The zero-order chi connectivity index (χ0) is 14.1. The first kappa shape index (κ1) is 13.1. The van der Waals surface area contributed by atoms with Crippen molar-refractivity contribution in [3.63, 3.8) is 0 Å². The topological polar surface area (TPSA) is 29.9 Å². The number of hydrogen-bond acceptors (Lipinski definition) is 2. The second-order valence-corrected chi connectivity index (χ2v) is 6.40. The summed E-state index contributed by atoms with van der Waals surface area (Å²) in [5.74, 6) is 1.36. The molecule has 1 aromatic heterocycles. The lowest BCUT2D eigenvalue weighted by Crippen LogP contribution is -2.30. The number of piperidine rings is 1. The fourth-order valence-corrected chi connectivity index (χ4v) is 3.67. The summed E-state index contributed by atoms with van der Waals surface area (Å²) in [7, 11) is 0. The van der Waals surface area contributed by atoms with Crippen molar-refractivity contribution in [3.8, 4) is 5.69 Å². The van der Waals surface area contributed by atoms with Crippen molar-refractivity contribution in [1.29, 1.82) is 0 Å². The van der Waals surface area contributed by atoms with Gasteiger partial charge in [0.15, 0.2) is 0 Å². The second kappa shape index (κ2) is 5.64. The molecule has 2 aromatic rings. The Labute approximate surface area is 126 Å². The van der Waals surface area contributed by atoms with Crippen LogP contribution >= 0.6 is 0 Å². The van der Waals surface area contributed by atoms with Crippen LogP contribution in [0.15, 0.2) is 36.5 Å². The zero-order valence-corrected chi connectivity index (χ0v) is 12.5. The first-order chi connectivity index (χ1) is 10.4. The second-order valence-electron chi connectivity index (χ2n) is 6.40. The van der Waals surface area contributed by atoms with Gasteiger partial charge in [0, 0.05) is 12.5 Å². The number of nitrogens with zero attached hydrogens (tertiary/aromatic N) is 2. The fourth-order valence-electron chi connectivity index (χ4n) is 3.67. The Morgan fingerprint density at radius 2 is 1.81 bits per heavy atom. The third-order valence-corrected chi connectivity index (χ3v) is 5.07. The number of hydrogen-bond donors (Lipinski definition) is 1. The molecule has 2 heterocycles. The fraction of sp³-hybridized carbons (Fsp3) is 0.500. The van der Waals surface area contributed by atoms with Gasteiger partial charge in [-0.3, -0.25) is 0 Å². The molecule has 1 saturated carbocycles. The van der Waals surface area contributed by atoms with E-state index >= 15 is 0 Å². The molecule has 110 valence electrons. The predicted octanol–water partition coefficient (Wildman–Crippen LogP) is 3.61. The minimum Gasteiger partial charge on any atom is -0.316 e. The van der Waals surface area contributed by atoms with E-state index < -0.39 is 0 Å². The van der Waals surface area contributed by atoms with Gasteiger partial charge in [-0.15, -0.1) is 0 Å². The highest BCUT2D eigenvalue weighted by Gasteiger charge is 2.30. The van der Waals surface area contributed by atoms with Gasteiger partial charge >= 0.3 is 0 Å². The first-order valence-electron chi connectivity index (χ1n) is 8.27. The van der Waals surface area contributed by atoms with Gasteiger partial charge < -0.3 is 5.32 Å². The monoisotopic (exact) mass is 281 g/mol. The molecule has 2 aliphatic rings. The minimum absolute atomic E-state index is 0.608. The van der Waals surface area contributed by atoms with E-state index in [1.54, 1.807) is 0 Å². The Hall–Kier alpha value is -1.61. The van der Waals surface area contributed by atoms with Crippen LogP contribution in [-0.2, 0) is 0 Å². The SMILES string of the molecule is c1ccc(-n2ncc(C3CCC3)c2C2CCCNC2)cc1. The molecule has 3 nitrogen and oxygen atoms in total. The normalized spacial score (nSPS) is 23.0. The quantitative estimate of drug-likeness (QED) is 0.931. The van der Waals surface area contributed by atoms with E-state index in [9.17, 15) is 0 Å². The van der Waals surface area contributed by atoms with E-state index in [0.29, 0.717) is 5.92 Å². The number of aromatic nitrogens is 2. The molecule has 1 unspecified atom stereocenters. The Morgan fingerprint density at radius 3 is 2.48 bits per heavy atom. The van der Waals surface area contributed by atoms with Crippen LogP contribution in [0.4, 0.5) is 0 Å². The van der Waals surface area contributed by atoms with Crippen LogP contribution in [0.2, 0.25) is 0 Å². The molecule has 0 spiro atoms. The molecule has 1 N–H and O–H groups in total. The lowest BCUT2D eigenvalue weighted by molar-refractivity contribution is 0.402. The van der Waals surface area contributed by atoms with Gasteiger partial charge in [0.25, 0.3) is 0 Å². The molecule has 0 amide bonds. The molecule has 3 heteroatoms. The molecule has 1 saturated heterocycles. The highest BCUT2D eigenvalue weighted by Crippen LogP contribution is 2.41. The van der Waals surface area contributed by atoms with Crippen LogP contribution in [0, 0.1) is 0 Å². The Kier molecular flexibility index (Phi) is 3.52. The Balaban J connectivity index is 1.77. The highest BCUT2D eigenvalue weighted by atomic mass is 15.3. The average molecular weight is 281 g/mol. The maximum atomic E-state index is 4.75. The van der Waals surface area contributed by atoms with Crippen LogP contribution in [0.1, 0.15) is 55.2 Å². The average Bonchev–Trinajstić information content (AvgIpc) is 2.92. The van der Waals surface area contributed by atoms with E-state index in [1.165, 1.54) is 49.0 Å².